The van der Waals surface area contributed by atoms with Crippen molar-refractivity contribution < 1.29 is 30.0 Å². The summed E-state index contributed by atoms with van der Waals surface area (Å²) in [5.41, 5.74) is 4.65. The molecule has 1 amide bonds. The first kappa shape index (κ1) is 16.2. The highest BCUT2D eigenvalue weighted by molar-refractivity contribution is 7.99. The molecule has 21 heavy (non-hydrogen) atoms. The molecule has 1 aromatic rings. The quantitative estimate of drug-likeness (QED) is 0.465. The third-order valence-electron chi connectivity index (χ3n) is 3.24. The molecular weight excluding hydrogens is 298 g/mol. The number of hydrogen-bond acceptors (Lipinski definition) is 7. The largest absolute Gasteiger partial charge is 0.394 e. The van der Waals surface area contributed by atoms with E-state index in [0.717, 1.165) is 11.8 Å². The predicted octanol–water partition coefficient (Wildman–Crippen LogP) is -1.32. The number of benzene rings is 1. The second-order valence-corrected chi connectivity index (χ2v) is 5.88. The Hall–Kier alpha value is -1.16. The summed E-state index contributed by atoms with van der Waals surface area (Å²) in [6.07, 6.45) is -5.02. The smallest absolute Gasteiger partial charge is 0.248 e. The molecule has 1 aromatic carbocycles. The third kappa shape index (κ3) is 3.54. The van der Waals surface area contributed by atoms with Gasteiger partial charge in [0.15, 0.2) is 0 Å². The predicted molar refractivity (Wildman–Crippen MR) is 74.6 cm³/mol. The van der Waals surface area contributed by atoms with E-state index >= 15 is 0 Å². The molecule has 6 N–H and O–H groups in total. The third-order valence-corrected chi connectivity index (χ3v) is 4.41. The van der Waals surface area contributed by atoms with E-state index in [1.54, 1.807) is 12.1 Å². The summed E-state index contributed by atoms with van der Waals surface area (Å²) in [5, 5.41) is 38.4. The van der Waals surface area contributed by atoms with Gasteiger partial charge in [0.2, 0.25) is 5.91 Å². The van der Waals surface area contributed by atoms with Crippen molar-refractivity contribution in [1.82, 2.24) is 0 Å². The summed E-state index contributed by atoms with van der Waals surface area (Å²) in [6.45, 7) is -0.470. The van der Waals surface area contributed by atoms with Gasteiger partial charge in [-0.15, -0.1) is 0 Å². The number of rotatable bonds is 4. The molecule has 1 saturated heterocycles. The number of carbonyl (C=O) groups excluding carboxylic acids is 1. The first-order valence-electron chi connectivity index (χ1n) is 6.31. The Morgan fingerprint density at radius 2 is 1.76 bits per heavy atom. The van der Waals surface area contributed by atoms with Gasteiger partial charge in [-0.1, -0.05) is 11.8 Å². The summed E-state index contributed by atoms with van der Waals surface area (Å²) in [5.74, 6) is -0.542. The lowest BCUT2D eigenvalue weighted by Crippen LogP contribution is -2.57. The van der Waals surface area contributed by atoms with Crippen molar-refractivity contribution in [3.8, 4) is 0 Å². The highest BCUT2D eigenvalue weighted by Gasteiger charge is 2.43. The molecule has 7 nitrogen and oxygen atoms in total. The van der Waals surface area contributed by atoms with Gasteiger partial charge in [-0.2, -0.15) is 0 Å². The van der Waals surface area contributed by atoms with Crippen molar-refractivity contribution in [3.63, 3.8) is 0 Å². The van der Waals surface area contributed by atoms with E-state index in [9.17, 15) is 20.1 Å². The molecule has 2 rings (SSSR count). The highest BCUT2D eigenvalue weighted by atomic mass is 32.2. The zero-order valence-electron chi connectivity index (χ0n) is 11.0. The fraction of sp³-hybridized carbons (Fsp3) is 0.462. The van der Waals surface area contributed by atoms with Gasteiger partial charge in [-0.05, 0) is 24.3 Å². The van der Waals surface area contributed by atoms with Gasteiger partial charge in [0, 0.05) is 10.5 Å². The van der Waals surface area contributed by atoms with Crippen LogP contribution in [-0.2, 0) is 4.74 Å². The molecule has 0 radical (unpaired) electrons. The van der Waals surface area contributed by atoms with Crippen molar-refractivity contribution in [2.45, 2.75) is 34.7 Å². The Morgan fingerprint density at radius 1 is 1.14 bits per heavy atom. The summed E-state index contributed by atoms with van der Waals surface area (Å²) in [7, 11) is 0. The van der Waals surface area contributed by atoms with Gasteiger partial charge in [-0.25, -0.2) is 0 Å². The molecule has 5 atom stereocenters. The maximum Gasteiger partial charge on any atom is 0.248 e. The molecule has 116 valence electrons. The monoisotopic (exact) mass is 315 g/mol. The molecule has 0 unspecified atom stereocenters. The van der Waals surface area contributed by atoms with E-state index < -0.39 is 42.4 Å². The first-order valence-corrected chi connectivity index (χ1v) is 7.19. The molecule has 1 fully saturated rings. The topological polar surface area (TPSA) is 133 Å². The number of thioether (sulfide) groups is 1. The lowest BCUT2D eigenvalue weighted by molar-refractivity contribution is -0.205. The van der Waals surface area contributed by atoms with Gasteiger partial charge in [-0.3, -0.25) is 4.79 Å². The molecule has 0 spiro atoms. The Balaban J connectivity index is 2.08. The minimum atomic E-state index is -1.40. The highest BCUT2D eigenvalue weighted by Crippen LogP contribution is 2.33. The zero-order chi connectivity index (χ0) is 15.6. The van der Waals surface area contributed by atoms with Crippen molar-refractivity contribution in [2.75, 3.05) is 6.61 Å². The average Bonchev–Trinajstić information content (AvgIpc) is 2.48. The summed E-state index contributed by atoms with van der Waals surface area (Å²) >= 11 is 1.11. The maximum atomic E-state index is 11.0. The number of carbonyl (C=O) groups is 1. The molecule has 1 aliphatic rings. The first-order chi connectivity index (χ1) is 9.93. The Morgan fingerprint density at radius 3 is 2.29 bits per heavy atom. The molecule has 1 aliphatic heterocycles. The maximum absolute atomic E-state index is 11.0. The average molecular weight is 315 g/mol. The SMILES string of the molecule is NC(=O)c1ccc(S[C@@H]2O[C@H](CO)[C@H](O)[C@H](O)[C@H]2O)cc1. The minimum Gasteiger partial charge on any atom is -0.394 e. The van der Waals surface area contributed by atoms with Crippen molar-refractivity contribution in [1.29, 1.82) is 0 Å². The molecule has 0 saturated carbocycles. The van der Waals surface area contributed by atoms with E-state index in [0.29, 0.717) is 10.5 Å². The van der Waals surface area contributed by atoms with E-state index in [1.807, 2.05) is 0 Å². The van der Waals surface area contributed by atoms with Gasteiger partial charge in [0.1, 0.15) is 29.9 Å². The number of hydrogen-bond donors (Lipinski definition) is 5. The van der Waals surface area contributed by atoms with Gasteiger partial charge in [0.25, 0.3) is 0 Å². The molecule has 1 heterocycles. The van der Waals surface area contributed by atoms with Crippen molar-refractivity contribution in [2.24, 2.45) is 5.73 Å². The second-order valence-electron chi connectivity index (χ2n) is 4.70. The zero-order valence-corrected chi connectivity index (χ0v) is 11.8. The van der Waals surface area contributed by atoms with Crippen molar-refractivity contribution in [3.05, 3.63) is 29.8 Å². The number of amides is 1. The van der Waals surface area contributed by atoms with Crippen LogP contribution >= 0.6 is 11.8 Å². The second kappa shape index (κ2) is 6.73. The molecule has 0 aromatic heterocycles. The molecule has 0 bridgehead atoms. The number of aliphatic hydroxyl groups is 4. The summed E-state index contributed by atoms with van der Waals surface area (Å²) < 4.78 is 5.37. The van der Waals surface area contributed by atoms with Crippen LogP contribution in [0.2, 0.25) is 0 Å². The number of ether oxygens (including phenoxy) is 1. The van der Waals surface area contributed by atoms with Gasteiger partial charge < -0.3 is 30.9 Å². The van der Waals surface area contributed by atoms with Crippen LogP contribution in [0.1, 0.15) is 10.4 Å². The fourth-order valence-electron chi connectivity index (χ4n) is 2.00. The lowest BCUT2D eigenvalue weighted by Gasteiger charge is -2.39. The summed E-state index contributed by atoms with van der Waals surface area (Å²) in [6, 6.07) is 6.34. The molecular formula is C13H17NO6S. The van der Waals surface area contributed by atoms with Crippen molar-refractivity contribution >= 4 is 17.7 Å². The van der Waals surface area contributed by atoms with Crippen LogP contribution in [0.15, 0.2) is 29.2 Å². The van der Waals surface area contributed by atoms with Crippen LogP contribution in [-0.4, -0.2) is 62.8 Å². The van der Waals surface area contributed by atoms with Crippen LogP contribution in [0.25, 0.3) is 0 Å². The standard InChI is InChI=1S/C13H17NO6S/c14-12(19)6-1-3-7(4-2-6)21-13-11(18)10(17)9(16)8(5-15)20-13/h1-4,8-11,13,15-18H,5H2,(H2,14,19)/t8-,9+,10+,11-,13+/m1/s1. The van der Waals surface area contributed by atoms with E-state index in [-0.39, 0.29) is 0 Å². The van der Waals surface area contributed by atoms with Crippen LogP contribution in [0.5, 0.6) is 0 Å². The van der Waals surface area contributed by atoms with Gasteiger partial charge in [0.05, 0.1) is 6.61 Å². The summed E-state index contributed by atoms with van der Waals surface area (Å²) in [4.78, 5) is 11.7. The van der Waals surface area contributed by atoms with Crippen LogP contribution in [0, 0.1) is 0 Å². The number of primary amides is 1. The number of nitrogens with two attached hydrogens (primary N) is 1. The molecule has 8 heteroatoms. The lowest BCUT2D eigenvalue weighted by atomic mass is 10.0. The Labute approximate surface area is 125 Å². The Bertz CT molecular complexity index is 494. The van der Waals surface area contributed by atoms with E-state index in [1.165, 1.54) is 12.1 Å². The van der Waals surface area contributed by atoms with E-state index in [2.05, 4.69) is 0 Å². The van der Waals surface area contributed by atoms with E-state index in [4.69, 9.17) is 15.6 Å². The minimum absolute atomic E-state index is 0.355. The van der Waals surface area contributed by atoms with Crippen LogP contribution < -0.4 is 5.73 Å². The molecule has 0 aliphatic carbocycles. The normalized spacial score (nSPS) is 32.9. The number of aliphatic hydroxyl groups excluding tert-OH is 4. The fourth-order valence-corrected chi connectivity index (χ4v) is 3.06. The van der Waals surface area contributed by atoms with Crippen LogP contribution in [0.3, 0.4) is 0 Å². The Kier molecular flexibility index (Phi) is 5.20. The van der Waals surface area contributed by atoms with Crippen LogP contribution in [0.4, 0.5) is 0 Å². The van der Waals surface area contributed by atoms with Gasteiger partial charge >= 0.3 is 0 Å².